The number of aromatic nitrogens is 2. The fourth-order valence-electron chi connectivity index (χ4n) is 3.18. The molecule has 0 saturated heterocycles. The molecule has 1 heterocycles. The summed E-state index contributed by atoms with van der Waals surface area (Å²) in [6, 6.07) is 9.93. The van der Waals surface area contributed by atoms with Crippen LogP contribution >= 0.6 is 11.8 Å². The maximum absolute atomic E-state index is 12.2. The van der Waals surface area contributed by atoms with E-state index in [9.17, 15) is 9.59 Å². The van der Waals surface area contributed by atoms with Crippen LogP contribution in [0, 0.1) is 34.6 Å². The lowest BCUT2D eigenvalue weighted by Crippen LogP contribution is -2.34. The Hall–Kier alpha value is -3.13. The van der Waals surface area contributed by atoms with Gasteiger partial charge in [0.15, 0.2) is 0 Å². The van der Waals surface area contributed by atoms with Gasteiger partial charge in [0.25, 0.3) is 5.22 Å². The van der Waals surface area contributed by atoms with Gasteiger partial charge in [-0.2, -0.15) is 0 Å². The monoisotopic (exact) mass is 438 g/mol. The predicted octanol–water partition coefficient (Wildman–Crippen LogP) is 4.13. The van der Waals surface area contributed by atoms with Crippen LogP contribution in [0.4, 0.5) is 5.69 Å². The first-order valence-corrected chi connectivity index (χ1v) is 10.9. The van der Waals surface area contributed by atoms with E-state index in [0.29, 0.717) is 11.1 Å². The second-order valence-electron chi connectivity index (χ2n) is 7.56. The second-order valence-corrected chi connectivity index (χ2v) is 8.49. The minimum Gasteiger partial charge on any atom is -0.411 e. The lowest BCUT2D eigenvalue weighted by Gasteiger charge is -2.13. The first-order chi connectivity index (χ1) is 14.7. The molecule has 0 bridgehead atoms. The van der Waals surface area contributed by atoms with E-state index in [1.54, 1.807) is 0 Å². The third kappa shape index (κ3) is 5.95. The van der Waals surface area contributed by atoms with E-state index < -0.39 is 0 Å². The van der Waals surface area contributed by atoms with Crippen molar-refractivity contribution in [2.45, 2.75) is 39.8 Å². The zero-order valence-electron chi connectivity index (χ0n) is 18.3. The number of rotatable bonds is 7. The number of anilines is 1. The van der Waals surface area contributed by atoms with E-state index in [1.807, 2.05) is 65.0 Å². The van der Waals surface area contributed by atoms with Crippen LogP contribution in [0.1, 0.15) is 27.8 Å². The first kappa shape index (κ1) is 22.6. The normalized spacial score (nSPS) is 10.7. The minimum atomic E-state index is -0.288. The molecule has 7 nitrogen and oxygen atoms in total. The summed E-state index contributed by atoms with van der Waals surface area (Å²) in [5, 5.41) is 13.8. The fraction of sp³-hybridized carbons (Fsp3) is 0.304. The molecular formula is C23H26N4O3S. The quantitative estimate of drug-likeness (QED) is 0.539. The predicted molar refractivity (Wildman–Crippen MR) is 122 cm³/mol. The third-order valence-corrected chi connectivity index (χ3v) is 5.69. The Morgan fingerprint density at radius 3 is 2.29 bits per heavy atom. The van der Waals surface area contributed by atoms with Crippen LogP contribution in [-0.2, 0) is 9.59 Å². The van der Waals surface area contributed by atoms with Crippen LogP contribution < -0.4 is 10.6 Å². The number of nitrogens with zero attached hydrogens (tertiary/aromatic N) is 2. The van der Waals surface area contributed by atoms with Crippen LogP contribution in [0.15, 0.2) is 40.0 Å². The molecule has 0 aliphatic carbocycles. The standard InChI is InChI=1S/C23H26N4O3S/c1-13-8-16(4)21(17(5)9-13)25-19(28)11-24-20(29)12-31-23-27-26-22(30-23)18-7-6-14(2)15(3)10-18/h6-10H,11-12H2,1-5H3,(H,24,29)(H,25,28). The van der Waals surface area contributed by atoms with E-state index in [-0.39, 0.29) is 24.1 Å². The number of hydrogen-bond donors (Lipinski definition) is 2. The molecule has 2 aromatic carbocycles. The van der Waals surface area contributed by atoms with Crippen molar-refractivity contribution in [3.8, 4) is 11.5 Å². The number of thioether (sulfide) groups is 1. The molecule has 0 radical (unpaired) electrons. The molecule has 0 aliphatic rings. The smallest absolute Gasteiger partial charge is 0.277 e. The lowest BCUT2D eigenvalue weighted by molar-refractivity contribution is -0.122. The molecule has 0 unspecified atom stereocenters. The highest BCUT2D eigenvalue weighted by Crippen LogP contribution is 2.25. The van der Waals surface area contributed by atoms with E-state index in [4.69, 9.17) is 4.42 Å². The average molecular weight is 439 g/mol. The summed E-state index contributed by atoms with van der Waals surface area (Å²) in [4.78, 5) is 24.3. The summed E-state index contributed by atoms with van der Waals surface area (Å²) in [6.45, 7) is 9.85. The second kappa shape index (κ2) is 9.78. The summed E-state index contributed by atoms with van der Waals surface area (Å²) >= 11 is 1.13. The number of carbonyl (C=O) groups is 2. The van der Waals surface area contributed by atoms with Crippen LogP contribution in [0.5, 0.6) is 0 Å². The van der Waals surface area contributed by atoms with E-state index in [0.717, 1.165) is 45.3 Å². The number of benzene rings is 2. The molecule has 8 heteroatoms. The summed E-state index contributed by atoms with van der Waals surface area (Å²) in [5.74, 6) is -0.0781. The highest BCUT2D eigenvalue weighted by atomic mass is 32.2. The maximum atomic E-state index is 12.2. The van der Waals surface area contributed by atoms with Crippen molar-refractivity contribution in [3.63, 3.8) is 0 Å². The number of hydrogen-bond acceptors (Lipinski definition) is 6. The topological polar surface area (TPSA) is 97.1 Å². The van der Waals surface area contributed by atoms with Crippen molar-refractivity contribution in [3.05, 3.63) is 58.1 Å². The van der Waals surface area contributed by atoms with Gasteiger partial charge in [0.2, 0.25) is 17.7 Å². The molecule has 3 rings (SSSR count). The molecule has 0 spiro atoms. The van der Waals surface area contributed by atoms with Gasteiger partial charge in [-0.05, 0) is 69.0 Å². The number of aryl methyl sites for hydroxylation is 5. The number of amides is 2. The Bertz CT molecular complexity index is 1100. The van der Waals surface area contributed by atoms with Crippen LogP contribution in [-0.4, -0.2) is 34.3 Å². The summed E-state index contributed by atoms with van der Waals surface area (Å²) < 4.78 is 5.64. The van der Waals surface area contributed by atoms with Crippen molar-refractivity contribution in [2.24, 2.45) is 0 Å². The fourth-order valence-corrected chi connectivity index (χ4v) is 3.77. The van der Waals surface area contributed by atoms with Crippen LogP contribution in [0.3, 0.4) is 0 Å². The van der Waals surface area contributed by atoms with Crippen molar-refractivity contribution >= 4 is 29.3 Å². The van der Waals surface area contributed by atoms with Gasteiger partial charge in [-0.25, -0.2) is 0 Å². The van der Waals surface area contributed by atoms with Gasteiger partial charge >= 0.3 is 0 Å². The molecule has 0 aliphatic heterocycles. The van der Waals surface area contributed by atoms with Crippen LogP contribution in [0.2, 0.25) is 0 Å². The third-order valence-electron chi connectivity index (χ3n) is 4.87. The molecule has 2 N–H and O–H groups in total. The summed E-state index contributed by atoms with van der Waals surface area (Å²) in [6.07, 6.45) is 0. The van der Waals surface area contributed by atoms with E-state index in [2.05, 4.69) is 20.8 Å². The van der Waals surface area contributed by atoms with E-state index in [1.165, 1.54) is 5.56 Å². The van der Waals surface area contributed by atoms with Gasteiger partial charge in [-0.1, -0.05) is 35.5 Å². The molecule has 162 valence electrons. The molecule has 31 heavy (non-hydrogen) atoms. The van der Waals surface area contributed by atoms with Crippen molar-refractivity contribution in [1.82, 2.24) is 15.5 Å². The van der Waals surface area contributed by atoms with Crippen molar-refractivity contribution in [1.29, 1.82) is 0 Å². The van der Waals surface area contributed by atoms with Gasteiger partial charge in [0.05, 0.1) is 12.3 Å². The first-order valence-electron chi connectivity index (χ1n) is 9.91. The Morgan fingerprint density at radius 1 is 0.903 bits per heavy atom. The summed E-state index contributed by atoms with van der Waals surface area (Å²) in [5.41, 5.74) is 7.06. The highest BCUT2D eigenvalue weighted by Gasteiger charge is 2.13. The van der Waals surface area contributed by atoms with Gasteiger partial charge in [-0.15, -0.1) is 10.2 Å². The van der Waals surface area contributed by atoms with Gasteiger partial charge in [-0.3, -0.25) is 9.59 Å². The molecule has 0 fully saturated rings. The molecule has 0 atom stereocenters. The van der Waals surface area contributed by atoms with Crippen LogP contribution in [0.25, 0.3) is 11.5 Å². The number of carbonyl (C=O) groups excluding carboxylic acids is 2. The molecule has 1 aromatic heterocycles. The Balaban J connectivity index is 1.48. The van der Waals surface area contributed by atoms with Crippen molar-refractivity contribution < 1.29 is 14.0 Å². The molecular weight excluding hydrogens is 412 g/mol. The molecule has 0 saturated carbocycles. The molecule has 2 amide bonds. The Labute approximate surface area is 186 Å². The molecule has 3 aromatic rings. The number of nitrogens with one attached hydrogen (secondary N) is 2. The van der Waals surface area contributed by atoms with Gasteiger partial charge in [0.1, 0.15) is 0 Å². The Kier molecular flexibility index (Phi) is 7.12. The van der Waals surface area contributed by atoms with Crippen molar-refractivity contribution in [2.75, 3.05) is 17.6 Å². The largest absolute Gasteiger partial charge is 0.411 e. The highest BCUT2D eigenvalue weighted by molar-refractivity contribution is 7.99. The summed E-state index contributed by atoms with van der Waals surface area (Å²) in [7, 11) is 0. The lowest BCUT2D eigenvalue weighted by atomic mass is 10.1. The van der Waals surface area contributed by atoms with Gasteiger partial charge in [0, 0.05) is 11.3 Å². The minimum absolute atomic E-state index is 0.0738. The maximum Gasteiger partial charge on any atom is 0.277 e. The average Bonchev–Trinajstić information content (AvgIpc) is 3.18. The zero-order chi connectivity index (χ0) is 22.5. The van der Waals surface area contributed by atoms with E-state index >= 15 is 0 Å². The SMILES string of the molecule is Cc1cc(C)c(NC(=O)CNC(=O)CSc2nnc(-c3ccc(C)c(C)c3)o2)c(C)c1. The Morgan fingerprint density at radius 2 is 1.61 bits per heavy atom. The zero-order valence-corrected chi connectivity index (χ0v) is 19.1. The van der Waals surface area contributed by atoms with Gasteiger partial charge < -0.3 is 15.1 Å².